The molecule has 0 aliphatic heterocycles. The van der Waals surface area contributed by atoms with Crippen molar-refractivity contribution in [2.45, 2.75) is 27.7 Å². The average Bonchev–Trinajstić information content (AvgIpc) is 3.19. The molecule has 0 unspecified atom stereocenters. The maximum Gasteiger partial charge on any atom is 0.297 e. The summed E-state index contributed by atoms with van der Waals surface area (Å²) >= 11 is 0. The molecule has 0 aliphatic rings. The minimum atomic E-state index is -0.132. The molecule has 6 nitrogen and oxygen atoms in total. The van der Waals surface area contributed by atoms with Crippen LogP contribution in [0.1, 0.15) is 29.6 Å². The van der Waals surface area contributed by atoms with Crippen molar-refractivity contribution < 1.29 is 4.74 Å². The molecule has 4 aromatic rings. The molecule has 0 saturated carbocycles. The average molecular weight is 429 g/mol. The smallest absolute Gasteiger partial charge is 0.297 e. The molecule has 2 heterocycles. The van der Waals surface area contributed by atoms with Gasteiger partial charge in [0.1, 0.15) is 5.75 Å². The van der Waals surface area contributed by atoms with Crippen molar-refractivity contribution in [2.75, 3.05) is 6.61 Å². The van der Waals surface area contributed by atoms with Gasteiger partial charge in [-0.1, -0.05) is 18.2 Å². The lowest BCUT2D eigenvalue weighted by molar-refractivity contribution is 0.340. The largest absolute Gasteiger partial charge is 0.494 e. The Labute approximate surface area is 188 Å². The number of nitrogens with zero attached hydrogens (tertiary/aromatic N) is 4. The molecule has 0 N–H and O–H groups in total. The van der Waals surface area contributed by atoms with Gasteiger partial charge < -0.3 is 9.30 Å². The number of aryl methyl sites for hydroxylation is 1. The first-order chi connectivity index (χ1) is 15.4. The summed E-state index contributed by atoms with van der Waals surface area (Å²) in [5.74, 6) is 0.856. The van der Waals surface area contributed by atoms with E-state index in [2.05, 4.69) is 29.5 Å². The molecule has 2 aromatic heterocycles. The predicted molar refractivity (Wildman–Crippen MR) is 129 cm³/mol. The minimum absolute atomic E-state index is 0.132. The van der Waals surface area contributed by atoms with E-state index in [0.29, 0.717) is 12.3 Å². The van der Waals surface area contributed by atoms with Crippen LogP contribution < -0.4 is 10.3 Å². The summed E-state index contributed by atoms with van der Waals surface area (Å²) in [6.45, 7) is 8.66. The van der Waals surface area contributed by atoms with Crippen LogP contribution in [-0.4, -0.2) is 26.8 Å². The Bertz CT molecular complexity index is 1320. The molecule has 0 amide bonds. The highest BCUT2D eigenvalue weighted by Crippen LogP contribution is 2.23. The number of para-hydroxylation sites is 1. The van der Waals surface area contributed by atoms with Gasteiger partial charge in [0, 0.05) is 35.9 Å². The first kappa shape index (κ1) is 21.4. The van der Waals surface area contributed by atoms with Gasteiger partial charge in [-0.25, -0.2) is 9.67 Å². The lowest BCUT2D eigenvalue weighted by atomic mass is 10.2. The van der Waals surface area contributed by atoms with Crippen LogP contribution >= 0.6 is 0 Å². The zero-order valence-corrected chi connectivity index (χ0v) is 19.2. The molecule has 0 bridgehead atoms. The van der Waals surface area contributed by atoms with Crippen LogP contribution in [0, 0.1) is 20.8 Å². The van der Waals surface area contributed by atoms with E-state index in [-0.39, 0.29) is 5.56 Å². The third-order valence-corrected chi connectivity index (χ3v) is 5.73. The highest BCUT2D eigenvalue weighted by atomic mass is 16.5. The summed E-state index contributed by atoms with van der Waals surface area (Å²) in [7, 11) is 1.88. The third-order valence-electron chi connectivity index (χ3n) is 5.73. The Balaban J connectivity index is 1.70. The van der Waals surface area contributed by atoms with Gasteiger partial charge >= 0.3 is 0 Å². The van der Waals surface area contributed by atoms with Crippen LogP contribution in [0.15, 0.2) is 70.5 Å². The number of aromatic nitrogens is 3. The topological polar surface area (TPSA) is 53.4 Å². The second-order valence-electron chi connectivity index (χ2n) is 7.76. The summed E-state index contributed by atoms with van der Waals surface area (Å²) in [6, 6.07) is 19.7. The van der Waals surface area contributed by atoms with Crippen molar-refractivity contribution in [2.24, 2.45) is 12.0 Å². The van der Waals surface area contributed by atoms with E-state index in [4.69, 9.17) is 4.74 Å². The number of hydrogen-bond acceptors (Lipinski definition) is 3. The molecular formula is C26H28N4O2. The first-order valence-electron chi connectivity index (χ1n) is 10.7. The van der Waals surface area contributed by atoms with E-state index in [1.807, 2.05) is 80.2 Å². The highest BCUT2D eigenvalue weighted by Gasteiger charge is 2.16. The fourth-order valence-corrected chi connectivity index (χ4v) is 4.01. The number of benzene rings is 2. The lowest BCUT2D eigenvalue weighted by Crippen LogP contribution is -2.19. The summed E-state index contributed by atoms with van der Waals surface area (Å²) in [6.07, 6.45) is 1.78. The lowest BCUT2D eigenvalue weighted by Gasteiger charge is -2.10. The molecule has 0 fully saturated rings. The molecule has 0 radical (unpaired) electrons. The SMILES string of the molecule is CCOc1ccc(-n2c(C)cc(C=Nc3c(C)n(C)n(-c4ccccc4)c3=O)c2C)cc1. The molecule has 6 heteroatoms. The van der Waals surface area contributed by atoms with Crippen LogP contribution in [0.5, 0.6) is 5.75 Å². The number of aliphatic imine (C=N–C) groups is 1. The van der Waals surface area contributed by atoms with Crippen molar-refractivity contribution in [3.05, 3.63) is 93.7 Å². The van der Waals surface area contributed by atoms with E-state index >= 15 is 0 Å². The molecule has 32 heavy (non-hydrogen) atoms. The van der Waals surface area contributed by atoms with E-state index in [0.717, 1.165) is 39.8 Å². The fraction of sp³-hybridized carbons (Fsp3) is 0.231. The standard InChI is InChI=1S/C26H28N4O2/c1-6-32-24-14-12-22(13-15-24)29-18(2)16-21(19(29)3)17-27-25-20(4)28(5)30(26(25)31)23-10-8-7-9-11-23/h7-17H,6H2,1-5H3. The number of hydrogen-bond donors (Lipinski definition) is 0. The van der Waals surface area contributed by atoms with Crippen molar-refractivity contribution in [1.82, 2.24) is 13.9 Å². The van der Waals surface area contributed by atoms with Crippen molar-refractivity contribution in [3.8, 4) is 17.1 Å². The quantitative estimate of drug-likeness (QED) is 0.404. The van der Waals surface area contributed by atoms with Crippen LogP contribution in [-0.2, 0) is 7.05 Å². The summed E-state index contributed by atoms with van der Waals surface area (Å²) < 4.78 is 11.2. The molecule has 4 rings (SSSR count). The Morgan fingerprint density at radius 1 is 0.938 bits per heavy atom. The zero-order valence-electron chi connectivity index (χ0n) is 19.2. The Kier molecular flexibility index (Phi) is 5.86. The monoisotopic (exact) mass is 428 g/mol. The summed E-state index contributed by atoms with van der Waals surface area (Å²) in [5.41, 5.74) is 6.14. The van der Waals surface area contributed by atoms with Gasteiger partial charge in [0.05, 0.1) is 18.0 Å². The van der Waals surface area contributed by atoms with E-state index in [1.165, 1.54) is 0 Å². The number of ether oxygens (including phenoxy) is 1. The maximum absolute atomic E-state index is 13.1. The number of rotatable bonds is 6. The van der Waals surface area contributed by atoms with Crippen molar-refractivity contribution >= 4 is 11.9 Å². The van der Waals surface area contributed by atoms with E-state index < -0.39 is 0 Å². The second kappa shape index (κ2) is 8.75. The van der Waals surface area contributed by atoms with Gasteiger partial charge in [-0.15, -0.1) is 0 Å². The van der Waals surface area contributed by atoms with Gasteiger partial charge in [0.15, 0.2) is 5.69 Å². The molecule has 0 saturated heterocycles. The first-order valence-corrected chi connectivity index (χ1v) is 10.7. The molecule has 164 valence electrons. The maximum atomic E-state index is 13.1. The Morgan fingerprint density at radius 3 is 2.28 bits per heavy atom. The van der Waals surface area contributed by atoms with Crippen LogP contribution in [0.2, 0.25) is 0 Å². The fourth-order valence-electron chi connectivity index (χ4n) is 4.01. The summed E-state index contributed by atoms with van der Waals surface area (Å²) in [5, 5.41) is 0. The van der Waals surface area contributed by atoms with Crippen LogP contribution in [0.4, 0.5) is 5.69 Å². The van der Waals surface area contributed by atoms with Crippen molar-refractivity contribution in [1.29, 1.82) is 0 Å². The molecule has 0 spiro atoms. The van der Waals surface area contributed by atoms with Crippen molar-refractivity contribution in [3.63, 3.8) is 0 Å². The van der Waals surface area contributed by atoms with E-state index in [1.54, 1.807) is 10.9 Å². The molecule has 2 aromatic carbocycles. The molecule has 0 aliphatic carbocycles. The van der Waals surface area contributed by atoms with Gasteiger partial charge in [-0.3, -0.25) is 9.48 Å². The highest BCUT2D eigenvalue weighted by molar-refractivity contribution is 5.84. The molecular weight excluding hydrogens is 400 g/mol. The summed E-state index contributed by atoms with van der Waals surface area (Å²) in [4.78, 5) is 17.7. The Hall–Kier alpha value is -3.80. The van der Waals surface area contributed by atoms with Gasteiger partial charge in [-0.2, -0.15) is 0 Å². The normalized spacial score (nSPS) is 11.4. The van der Waals surface area contributed by atoms with Gasteiger partial charge in [-0.05, 0) is 70.2 Å². The Morgan fingerprint density at radius 2 is 1.62 bits per heavy atom. The van der Waals surface area contributed by atoms with Crippen LogP contribution in [0.25, 0.3) is 11.4 Å². The minimum Gasteiger partial charge on any atom is -0.494 e. The van der Waals surface area contributed by atoms with Gasteiger partial charge in [0.25, 0.3) is 5.56 Å². The third kappa shape index (κ3) is 3.80. The van der Waals surface area contributed by atoms with Crippen LogP contribution in [0.3, 0.4) is 0 Å². The zero-order chi connectivity index (χ0) is 22.8. The second-order valence-corrected chi connectivity index (χ2v) is 7.76. The molecule has 0 atom stereocenters. The van der Waals surface area contributed by atoms with Gasteiger partial charge in [0.2, 0.25) is 0 Å². The predicted octanol–water partition coefficient (Wildman–Crippen LogP) is 5.04. The van der Waals surface area contributed by atoms with E-state index in [9.17, 15) is 4.79 Å².